The van der Waals surface area contributed by atoms with E-state index in [9.17, 15) is 4.79 Å². The largest absolute Gasteiger partial charge is 0.240 e. The molecule has 0 N–H and O–H groups in total. The lowest BCUT2D eigenvalue weighted by atomic mass is 10.1. The summed E-state index contributed by atoms with van der Waals surface area (Å²) in [4.78, 5) is 22.3. The molecular weight excluding hydrogens is 262 g/mol. The van der Waals surface area contributed by atoms with E-state index in [0.717, 1.165) is 11.3 Å². The lowest BCUT2D eigenvalue weighted by molar-refractivity contribution is 0.565. The molecule has 0 bridgehead atoms. The lowest BCUT2D eigenvalue weighted by Gasteiger charge is -1.99. The van der Waals surface area contributed by atoms with Crippen LogP contribution in [-0.2, 0) is 4.79 Å². The highest BCUT2D eigenvalue weighted by molar-refractivity contribution is 5.64. The van der Waals surface area contributed by atoms with Gasteiger partial charge in [0.15, 0.2) is 0 Å². The third-order valence-electron chi connectivity index (χ3n) is 3.21. The zero-order chi connectivity index (χ0) is 15.2. The minimum Gasteiger partial charge on any atom is -0.211 e. The van der Waals surface area contributed by atoms with Gasteiger partial charge in [0.05, 0.1) is 17.1 Å². The van der Waals surface area contributed by atoms with Gasteiger partial charge in [-0.05, 0) is 61.7 Å². The minimum absolute atomic E-state index is 0.555. The van der Waals surface area contributed by atoms with Gasteiger partial charge in [0.2, 0.25) is 6.08 Å². The van der Waals surface area contributed by atoms with E-state index in [2.05, 4.69) is 27.9 Å². The number of isocyanates is 1. The maximum Gasteiger partial charge on any atom is 0.240 e. The van der Waals surface area contributed by atoms with Crippen LogP contribution in [0, 0.1) is 20.8 Å². The molecule has 0 heterocycles. The molecule has 104 valence electrons. The molecule has 2 aromatic rings. The van der Waals surface area contributed by atoms with E-state index in [1.165, 1.54) is 17.2 Å². The number of benzene rings is 2. The zero-order valence-electron chi connectivity index (χ0n) is 12.2. The summed E-state index contributed by atoms with van der Waals surface area (Å²) in [5.41, 5.74) is 5.29. The Labute approximate surface area is 123 Å². The van der Waals surface area contributed by atoms with Crippen molar-refractivity contribution in [2.45, 2.75) is 20.8 Å². The van der Waals surface area contributed by atoms with Crippen LogP contribution in [0.4, 0.5) is 17.1 Å². The molecule has 2 aromatic carbocycles. The Balaban J connectivity index is 2.28. The molecule has 0 spiro atoms. The molecule has 0 aromatic heterocycles. The number of aliphatic imine (C=N–C) groups is 3. The summed E-state index contributed by atoms with van der Waals surface area (Å²) >= 11 is 0. The first-order chi connectivity index (χ1) is 10.1. The predicted molar refractivity (Wildman–Crippen MR) is 84.1 cm³/mol. The third-order valence-corrected chi connectivity index (χ3v) is 3.21. The number of carbonyl (C=O) groups excluding carboxylic acids is 1. The van der Waals surface area contributed by atoms with Crippen molar-refractivity contribution in [2.75, 3.05) is 0 Å². The fourth-order valence-corrected chi connectivity index (χ4v) is 1.77. The summed E-state index contributed by atoms with van der Waals surface area (Å²) in [6, 6.07) is 13.9. The Morgan fingerprint density at radius 3 is 2.00 bits per heavy atom. The van der Waals surface area contributed by atoms with Crippen LogP contribution < -0.4 is 0 Å². The van der Waals surface area contributed by atoms with Crippen LogP contribution in [0.2, 0.25) is 0 Å². The molecule has 0 aliphatic heterocycles. The molecule has 0 saturated heterocycles. The van der Waals surface area contributed by atoms with Gasteiger partial charge in [-0.2, -0.15) is 15.0 Å². The van der Waals surface area contributed by atoms with Gasteiger partial charge in [-0.3, -0.25) is 0 Å². The predicted octanol–water partition coefficient (Wildman–Crippen LogP) is 4.72. The molecule has 0 aliphatic rings. The van der Waals surface area contributed by atoms with Crippen molar-refractivity contribution in [1.82, 2.24) is 0 Å². The van der Waals surface area contributed by atoms with E-state index in [1.807, 2.05) is 44.2 Å². The fourth-order valence-electron chi connectivity index (χ4n) is 1.77. The maximum atomic E-state index is 10.3. The summed E-state index contributed by atoms with van der Waals surface area (Å²) < 4.78 is 0. The number of rotatable bonds is 3. The SMILES string of the molecule is Cc1ccc(N=C=Nc2ccc(C)c(N=C=O)c2)cc1C. The summed E-state index contributed by atoms with van der Waals surface area (Å²) in [7, 11) is 0. The van der Waals surface area contributed by atoms with E-state index in [0.29, 0.717) is 11.4 Å². The van der Waals surface area contributed by atoms with Crippen LogP contribution in [-0.4, -0.2) is 12.1 Å². The Morgan fingerprint density at radius 1 is 0.762 bits per heavy atom. The quantitative estimate of drug-likeness (QED) is 0.591. The number of hydrogen-bond acceptors (Lipinski definition) is 4. The highest BCUT2D eigenvalue weighted by Gasteiger charge is 1.98. The van der Waals surface area contributed by atoms with Crippen molar-refractivity contribution in [1.29, 1.82) is 0 Å². The first kappa shape index (κ1) is 14.6. The van der Waals surface area contributed by atoms with Crippen molar-refractivity contribution < 1.29 is 4.79 Å². The fraction of sp³-hybridized carbons (Fsp3) is 0.176. The summed E-state index contributed by atoms with van der Waals surface area (Å²) in [5, 5.41) is 0. The van der Waals surface area contributed by atoms with E-state index >= 15 is 0 Å². The molecule has 2 rings (SSSR count). The van der Waals surface area contributed by atoms with E-state index in [-0.39, 0.29) is 0 Å². The standard InChI is InChI=1S/C17H15N3O/c1-12-4-6-15(8-14(12)3)18-10-19-16-7-5-13(2)17(9-16)20-11-21/h4-9H,1-3H3. The van der Waals surface area contributed by atoms with E-state index < -0.39 is 0 Å². The molecule has 0 fully saturated rings. The van der Waals surface area contributed by atoms with Crippen molar-refractivity contribution >= 4 is 29.2 Å². The van der Waals surface area contributed by atoms with Crippen LogP contribution in [0.25, 0.3) is 0 Å². The third kappa shape index (κ3) is 3.83. The van der Waals surface area contributed by atoms with Crippen LogP contribution in [0.5, 0.6) is 0 Å². The summed E-state index contributed by atoms with van der Waals surface area (Å²) in [6.45, 7) is 5.96. The van der Waals surface area contributed by atoms with Gasteiger partial charge in [-0.1, -0.05) is 12.1 Å². The van der Waals surface area contributed by atoms with Crippen molar-refractivity contribution in [3.05, 3.63) is 53.1 Å². The van der Waals surface area contributed by atoms with Crippen molar-refractivity contribution in [3.63, 3.8) is 0 Å². The Kier molecular flexibility index (Phi) is 4.57. The van der Waals surface area contributed by atoms with Gasteiger partial charge in [0, 0.05) is 0 Å². The van der Waals surface area contributed by atoms with Gasteiger partial charge >= 0.3 is 0 Å². The maximum absolute atomic E-state index is 10.3. The molecule has 0 radical (unpaired) electrons. The average Bonchev–Trinajstić information content (AvgIpc) is 2.46. The Bertz CT molecular complexity index is 781. The summed E-state index contributed by atoms with van der Waals surface area (Å²) in [6.07, 6.45) is 1.53. The molecule has 0 amide bonds. The second-order valence-corrected chi connectivity index (χ2v) is 4.77. The van der Waals surface area contributed by atoms with Crippen molar-refractivity contribution in [3.8, 4) is 0 Å². The van der Waals surface area contributed by atoms with Crippen LogP contribution in [0.15, 0.2) is 51.4 Å². The topological polar surface area (TPSA) is 54.1 Å². The van der Waals surface area contributed by atoms with Crippen LogP contribution >= 0.6 is 0 Å². The van der Waals surface area contributed by atoms with Gasteiger partial charge in [0.25, 0.3) is 0 Å². The highest BCUT2D eigenvalue weighted by Crippen LogP contribution is 2.24. The molecular formula is C17H15N3O. The van der Waals surface area contributed by atoms with E-state index in [1.54, 1.807) is 6.07 Å². The Morgan fingerprint density at radius 2 is 1.38 bits per heavy atom. The smallest absolute Gasteiger partial charge is 0.211 e. The second-order valence-electron chi connectivity index (χ2n) is 4.77. The van der Waals surface area contributed by atoms with Gasteiger partial charge in [-0.15, -0.1) is 0 Å². The first-order valence-electron chi connectivity index (χ1n) is 6.52. The van der Waals surface area contributed by atoms with Crippen LogP contribution in [0.3, 0.4) is 0 Å². The molecule has 0 unspecified atom stereocenters. The van der Waals surface area contributed by atoms with Gasteiger partial charge in [0.1, 0.15) is 6.01 Å². The molecule has 0 aliphatic carbocycles. The molecule has 0 saturated carbocycles. The summed E-state index contributed by atoms with van der Waals surface area (Å²) in [5.74, 6) is 0. The molecule has 21 heavy (non-hydrogen) atoms. The second kappa shape index (κ2) is 6.58. The first-order valence-corrected chi connectivity index (χ1v) is 6.52. The molecule has 4 heteroatoms. The normalized spacial score (nSPS) is 9.48. The molecule has 4 nitrogen and oxygen atoms in total. The lowest BCUT2D eigenvalue weighted by Crippen LogP contribution is -1.77. The monoisotopic (exact) mass is 277 g/mol. The number of nitrogens with zero attached hydrogens (tertiary/aromatic N) is 3. The minimum atomic E-state index is 0.555. The number of hydrogen-bond donors (Lipinski definition) is 0. The van der Waals surface area contributed by atoms with Gasteiger partial charge < -0.3 is 0 Å². The van der Waals surface area contributed by atoms with Gasteiger partial charge in [-0.25, -0.2) is 4.79 Å². The van der Waals surface area contributed by atoms with E-state index in [4.69, 9.17) is 0 Å². The zero-order valence-corrected chi connectivity index (χ0v) is 12.2. The number of aryl methyl sites for hydroxylation is 3. The van der Waals surface area contributed by atoms with Crippen molar-refractivity contribution in [2.24, 2.45) is 15.0 Å². The average molecular weight is 277 g/mol. The Hall–Kier alpha value is -2.80. The molecule has 0 atom stereocenters. The van der Waals surface area contributed by atoms with Crippen LogP contribution in [0.1, 0.15) is 16.7 Å². The highest BCUT2D eigenvalue weighted by atomic mass is 16.1.